The number of unbranched alkanes of at least 4 members (excludes halogenated alkanes) is 3. The zero-order chi connectivity index (χ0) is 11.9. The molecule has 0 radical (unpaired) electrons. The Bertz CT molecular complexity index is 202. The van der Waals surface area contributed by atoms with Gasteiger partial charge in [-0.25, -0.2) is 0 Å². The van der Waals surface area contributed by atoms with Crippen molar-refractivity contribution in [3.8, 4) is 0 Å². The SMILES string of the molecule is NCCCCCCN1CCC(N2CCCC2)C1. The van der Waals surface area contributed by atoms with E-state index in [1.165, 1.54) is 77.7 Å². The van der Waals surface area contributed by atoms with Crippen molar-refractivity contribution in [2.75, 3.05) is 39.3 Å². The van der Waals surface area contributed by atoms with Gasteiger partial charge in [0.05, 0.1) is 0 Å². The van der Waals surface area contributed by atoms with Crippen molar-refractivity contribution in [2.45, 2.75) is 51.0 Å². The van der Waals surface area contributed by atoms with Crippen LogP contribution in [0.25, 0.3) is 0 Å². The molecule has 2 aliphatic heterocycles. The van der Waals surface area contributed by atoms with Crippen LogP contribution >= 0.6 is 0 Å². The van der Waals surface area contributed by atoms with Gasteiger partial charge >= 0.3 is 0 Å². The molecule has 0 bridgehead atoms. The summed E-state index contributed by atoms with van der Waals surface area (Å²) < 4.78 is 0. The zero-order valence-corrected chi connectivity index (χ0v) is 11.2. The maximum absolute atomic E-state index is 5.50. The van der Waals surface area contributed by atoms with E-state index in [1.807, 2.05) is 0 Å². The lowest BCUT2D eigenvalue weighted by atomic mass is 10.2. The van der Waals surface area contributed by atoms with Crippen molar-refractivity contribution in [1.29, 1.82) is 0 Å². The van der Waals surface area contributed by atoms with Gasteiger partial charge in [0.1, 0.15) is 0 Å². The Labute approximate surface area is 106 Å². The molecule has 0 aromatic carbocycles. The van der Waals surface area contributed by atoms with Crippen molar-refractivity contribution in [1.82, 2.24) is 9.80 Å². The van der Waals surface area contributed by atoms with Crippen LogP contribution in [0.4, 0.5) is 0 Å². The summed E-state index contributed by atoms with van der Waals surface area (Å²) >= 11 is 0. The molecule has 0 aromatic rings. The van der Waals surface area contributed by atoms with Gasteiger partial charge in [-0.05, 0) is 64.8 Å². The van der Waals surface area contributed by atoms with Gasteiger partial charge in [-0.2, -0.15) is 0 Å². The van der Waals surface area contributed by atoms with E-state index in [-0.39, 0.29) is 0 Å². The first-order valence-electron chi connectivity index (χ1n) is 7.56. The van der Waals surface area contributed by atoms with E-state index in [0.29, 0.717) is 0 Å². The Morgan fingerprint density at radius 1 is 0.941 bits per heavy atom. The summed E-state index contributed by atoms with van der Waals surface area (Å²) in [4.78, 5) is 5.39. The number of likely N-dealkylation sites (tertiary alicyclic amines) is 2. The van der Waals surface area contributed by atoms with Crippen molar-refractivity contribution < 1.29 is 0 Å². The summed E-state index contributed by atoms with van der Waals surface area (Å²) in [6.45, 7) is 7.55. The average Bonchev–Trinajstić information content (AvgIpc) is 2.99. The molecule has 0 saturated carbocycles. The molecular weight excluding hydrogens is 210 g/mol. The molecule has 0 aliphatic carbocycles. The van der Waals surface area contributed by atoms with Crippen LogP contribution in [0.1, 0.15) is 44.9 Å². The molecule has 2 rings (SSSR count). The third kappa shape index (κ3) is 4.23. The lowest BCUT2D eigenvalue weighted by Crippen LogP contribution is -2.35. The predicted octanol–water partition coefficient (Wildman–Crippen LogP) is 1.68. The molecular formula is C14H29N3. The Hall–Kier alpha value is -0.120. The standard InChI is InChI=1S/C14H29N3/c15-8-3-1-2-4-9-16-12-7-14(13-16)17-10-5-6-11-17/h14H,1-13,15H2. The first-order valence-corrected chi connectivity index (χ1v) is 7.56. The second kappa shape index (κ2) is 7.34. The minimum Gasteiger partial charge on any atom is -0.330 e. The molecule has 100 valence electrons. The number of hydrogen-bond donors (Lipinski definition) is 1. The van der Waals surface area contributed by atoms with E-state index < -0.39 is 0 Å². The van der Waals surface area contributed by atoms with Crippen LogP contribution in [0.15, 0.2) is 0 Å². The third-order valence-electron chi connectivity index (χ3n) is 4.33. The van der Waals surface area contributed by atoms with Crippen molar-refractivity contribution in [3.05, 3.63) is 0 Å². The highest BCUT2D eigenvalue weighted by Crippen LogP contribution is 2.20. The number of nitrogens with two attached hydrogens (primary N) is 1. The van der Waals surface area contributed by atoms with Gasteiger partial charge in [0.15, 0.2) is 0 Å². The quantitative estimate of drug-likeness (QED) is 0.686. The number of rotatable bonds is 7. The lowest BCUT2D eigenvalue weighted by molar-refractivity contribution is 0.231. The van der Waals surface area contributed by atoms with Crippen molar-refractivity contribution >= 4 is 0 Å². The Kier molecular flexibility index (Phi) is 5.75. The van der Waals surface area contributed by atoms with Gasteiger partial charge < -0.3 is 10.6 Å². The molecule has 2 saturated heterocycles. The van der Waals surface area contributed by atoms with Gasteiger partial charge in [-0.1, -0.05) is 12.8 Å². The minimum absolute atomic E-state index is 0.862. The fraction of sp³-hybridized carbons (Fsp3) is 1.00. The second-order valence-electron chi connectivity index (χ2n) is 5.69. The molecule has 3 heteroatoms. The summed E-state index contributed by atoms with van der Waals surface area (Å²) in [5.41, 5.74) is 5.50. The average molecular weight is 239 g/mol. The minimum atomic E-state index is 0.862. The van der Waals surface area contributed by atoms with E-state index in [0.717, 1.165) is 12.6 Å². The molecule has 2 N–H and O–H groups in total. The molecule has 1 unspecified atom stereocenters. The van der Waals surface area contributed by atoms with Gasteiger partial charge in [-0.15, -0.1) is 0 Å². The van der Waals surface area contributed by atoms with Crippen LogP contribution in [-0.4, -0.2) is 55.1 Å². The van der Waals surface area contributed by atoms with Crippen LogP contribution in [0.5, 0.6) is 0 Å². The van der Waals surface area contributed by atoms with Gasteiger partial charge in [-0.3, -0.25) is 4.90 Å². The number of nitrogens with zero attached hydrogens (tertiary/aromatic N) is 2. The molecule has 3 nitrogen and oxygen atoms in total. The normalized spacial score (nSPS) is 27.0. The fourth-order valence-corrected chi connectivity index (χ4v) is 3.25. The molecule has 2 aliphatic rings. The van der Waals surface area contributed by atoms with Crippen LogP contribution in [0, 0.1) is 0 Å². The van der Waals surface area contributed by atoms with Crippen LogP contribution in [0.2, 0.25) is 0 Å². The van der Waals surface area contributed by atoms with E-state index in [9.17, 15) is 0 Å². The molecule has 2 heterocycles. The maximum atomic E-state index is 5.50. The van der Waals surface area contributed by atoms with Crippen LogP contribution < -0.4 is 5.73 Å². The van der Waals surface area contributed by atoms with Gasteiger partial charge in [0.25, 0.3) is 0 Å². The summed E-state index contributed by atoms with van der Waals surface area (Å²) in [6.07, 6.45) is 9.51. The monoisotopic (exact) mass is 239 g/mol. The maximum Gasteiger partial charge on any atom is 0.0235 e. The Balaban J connectivity index is 1.54. The van der Waals surface area contributed by atoms with Gasteiger partial charge in [0, 0.05) is 12.6 Å². The lowest BCUT2D eigenvalue weighted by Gasteiger charge is -2.23. The van der Waals surface area contributed by atoms with Crippen molar-refractivity contribution in [3.63, 3.8) is 0 Å². The van der Waals surface area contributed by atoms with Crippen LogP contribution in [-0.2, 0) is 0 Å². The second-order valence-corrected chi connectivity index (χ2v) is 5.69. The molecule has 0 aromatic heterocycles. The Morgan fingerprint density at radius 2 is 1.71 bits per heavy atom. The summed E-state index contributed by atoms with van der Waals surface area (Å²) in [6, 6.07) is 0.876. The Morgan fingerprint density at radius 3 is 2.47 bits per heavy atom. The molecule has 17 heavy (non-hydrogen) atoms. The summed E-state index contributed by atoms with van der Waals surface area (Å²) in [7, 11) is 0. The summed E-state index contributed by atoms with van der Waals surface area (Å²) in [5.74, 6) is 0. The fourth-order valence-electron chi connectivity index (χ4n) is 3.25. The third-order valence-corrected chi connectivity index (χ3v) is 4.33. The first kappa shape index (κ1) is 13.3. The van der Waals surface area contributed by atoms with E-state index in [2.05, 4.69) is 9.80 Å². The molecule has 2 fully saturated rings. The zero-order valence-electron chi connectivity index (χ0n) is 11.2. The highest BCUT2D eigenvalue weighted by molar-refractivity contribution is 4.85. The largest absolute Gasteiger partial charge is 0.330 e. The van der Waals surface area contributed by atoms with Gasteiger partial charge in [0.2, 0.25) is 0 Å². The highest BCUT2D eigenvalue weighted by Gasteiger charge is 2.28. The van der Waals surface area contributed by atoms with Crippen LogP contribution in [0.3, 0.4) is 0 Å². The molecule has 0 amide bonds. The predicted molar refractivity (Wildman–Crippen MR) is 73.2 cm³/mol. The topological polar surface area (TPSA) is 32.5 Å². The first-order chi connectivity index (χ1) is 8.40. The van der Waals surface area contributed by atoms with E-state index in [4.69, 9.17) is 5.73 Å². The number of hydrogen-bond acceptors (Lipinski definition) is 3. The van der Waals surface area contributed by atoms with Crippen molar-refractivity contribution in [2.24, 2.45) is 5.73 Å². The summed E-state index contributed by atoms with van der Waals surface area (Å²) in [5, 5.41) is 0. The smallest absolute Gasteiger partial charge is 0.0235 e. The molecule has 0 spiro atoms. The van der Waals surface area contributed by atoms with E-state index >= 15 is 0 Å². The highest BCUT2D eigenvalue weighted by atomic mass is 15.3. The van der Waals surface area contributed by atoms with E-state index in [1.54, 1.807) is 0 Å². The molecule has 1 atom stereocenters.